The highest BCUT2D eigenvalue weighted by Gasteiger charge is 2.10. The Morgan fingerprint density at radius 3 is 2.31 bits per heavy atom. The Kier molecular flexibility index (Phi) is 10.3. The second-order valence-corrected chi connectivity index (χ2v) is 4.18. The van der Waals surface area contributed by atoms with Crippen molar-refractivity contribution in [1.82, 2.24) is 0 Å². The largest absolute Gasteiger partial charge is 0.508 e. The monoisotopic (exact) mass is 230 g/mol. The molecule has 0 fully saturated rings. The maximum Gasteiger partial charge on any atom is 0.508 e. The van der Waals surface area contributed by atoms with Crippen molar-refractivity contribution >= 4 is 6.16 Å². The third-order valence-corrected chi connectivity index (χ3v) is 2.70. The Morgan fingerprint density at radius 1 is 1.06 bits per heavy atom. The molecular formula is C13H26O3. The molecule has 0 spiro atoms. The SMILES string of the molecule is CCCCOC(=O)OCC(CC)CCCC. The van der Waals surface area contributed by atoms with E-state index in [-0.39, 0.29) is 0 Å². The summed E-state index contributed by atoms with van der Waals surface area (Å²) in [6, 6.07) is 0. The van der Waals surface area contributed by atoms with Gasteiger partial charge < -0.3 is 9.47 Å². The van der Waals surface area contributed by atoms with Crippen LogP contribution >= 0.6 is 0 Å². The van der Waals surface area contributed by atoms with Gasteiger partial charge in [-0.05, 0) is 18.8 Å². The van der Waals surface area contributed by atoms with Crippen molar-refractivity contribution in [3.63, 3.8) is 0 Å². The fourth-order valence-electron chi connectivity index (χ4n) is 1.43. The first-order valence-corrected chi connectivity index (χ1v) is 6.54. The minimum atomic E-state index is -0.511. The van der Waals surface area contributed by atoms with E-state index in [4.69, 9.17) is 9.47 Å². The first kappa shape index (κ1) is 15.3. The molecule has 3 heteroatoms. The minimum absolute atomic E-state index is 0.473. The fraction of sp³-hybridized carbons (Fsp3) is 0.923. The van der Waals surface area contributed by atoms with Gasteiger partial charge in [0.15, 0.2) is 0 Å². The molecule has 3 nitrogen and oxygen atoms in total. The van der Waals surface area contributed by atoms with E-state index in [0.29, 0.717) is 19.1 Å². The lowest BCUT2D eigenvalue weighted by atomic mass is 10.0. The first-order chi connectivity index (χ1) is 7.74. The zero-order chi connectivity index (χ0) is 12.2. The molecule has 1 atom stereocenters. The van der Waals surface area contributed by atoms with Gasteiger partial charge in [0.25, 0.3) is 0 Å². The summed E-state index contributed by atoms with van der Waals surface area (Å²) in [4.78, 5) is 11.2. The van der Waals surface area contributed by atoms with Gasteiger partial charge in [0.1, 0.15) is 0 Å². The average Bonchev–Trinajstić information content (AvgIpc) is 2.30. The van der Waals surface area contributed by atoms with Crippen LogP contribution in [0.5, 0.6) is 0 Å². The summed E-state index contributed by atoms with van der Waals surface area (Å²) >= 11 is 0. The van der Waals surface area contributed by atoms with Gasteiger partial charge in [-0.25, -0.2) is 4.79 Å². The van der Waals surface area contributed by atoms with Gasteiger partial charge in [-0.3, -0.25) is 0 Å². The van der Waals surface area contributed by atoms with Crippen molar-refractivity contribution < 1.29 is 14.3 Å². The second-order valence-electron chi connectivity index (χ2n) is 4.18. The van der Waals surface area contributed by atoms with Gasteiger partial charge in [0.2, 0.25) is 0 Å². The summed E-state index contributed by atoms with van der Waals surface area (Å²) < 4.78 is 10.00. The van der Waals surface area contributed by atoms with Crippen LogP contribution in [-0.2, 0) is 9.47 Å². The highest BCUT2D eigenvalue weighted by atomic mass is 16.7. The second kappa shape index (κ2) is 10.8. The molecule has 0 aliphatic carbocycles. The molecule has 0 rings (SSSR count). The van der Waals surface area contributed by atoms with Crippen LogP contribution in [0.2, 0.25) is 0 Å². The molecule has 0 aromatic heterocycles. The van der Waals surface area contributed by atoms with E-state index >= 15 is 0 Å². The number of carbonyl (C=O) groups excluding carboxylic acids is 1. The molecular weight excluding hydrogens is 204 g/mol. The number of unbranched alkanes of at least 4 members (excludes halogenated alkanes) is 2. The molecule has 0 amide bonds. The van der Waals surface area contributed by atoms with Crippen molar-refractivity contribution in [3.05, 3.63) is 0 Å². The molecule has 96 valence electrons. The lowest BCUT2D eigenvalue weighted by Gasteiger charge is -2.14. The molecule has 0 aromatic carbocycles. The van der Waals surface area contributed by atoms with Gasteiger partial charge in [0, 0.05) is 0 Å². The molecule has 0 saturated heterocycles. The molecule has 0 aromatic rings. The van der Waals surface area contributed by atoms with Crippen LogP contribution in [0.25, 0.3) is 0 Å². The number of hydrogen-bond acceptors (Lipinski definition) is 3. The van der Waals surface area contributed by atoms with Crippen LogP contribution in [0.1, 0.15) is 59.3 Å². The summed E-state index contributed by atoms with van der Waals surface area (Å²) in [7, 11) is 0. The standard InChI is InChI=1S/C13H26O3/c1-4-7-9-12(6-3)11-16-13(14)15-10-8-5-2/h12H,4-11H2,1-3H3. The van der Waals surface area contributed by atoms with Crippen molar-refractivity contribution in [2.24, 2.45) is 5.92 Å². The van der Waals surface area contributed by atoms with Crippen LogP contribution in [0.3, 0.4) is 0 Å². The maximum absolute atomic E-state index is 11.2. The molecule has 16 heavy (non-hydrogen) atoms. The lowest BCUT2D eigenvalue weighted by Crippen LogP contribution is -2.15. The van der Waals surface area contributed by atoms with Crippen molar-refractivity contribution in [1.29, 1.82) is 0 Å². The zero-order valence-electron chi connectivity index (χ0n) is 11.0. The van der Waals surface area contributed by atoms with Gasteiger partial charge in [-0.15, -0.1) is 0 Å². The zero-order valence-corrected chi connectivity index (χ0v) is 11.0. The van der Waals surface area contributed by atoms with E-state index in [1.807, 2.05) is 0 Å². The topological polar surface area (TPSA) is 35.5 Å². The van der Waals surface area contributed by atoms with Crippen LogP contribution in [0.15, 0.2) is 0 Å². The summed E-state index contributed by atoms with van der Waals surface area (Å²) in [5.41, 5.74) is 0. The van der Waals surface area contributed by atoms with Crippen molar-refractivity contribution in [2.75, 3.05) is 13.2 Å². The number of hydrogen-bond donors (Lipinski definition) is 0. The fourth-order valence-corrected chi connectivity index (χ4v) is 1.43. The van der Waals surface area contributed by atoms with Crippen molar-refractivity contribution in [3.8, 4) is 0 Å². The number of ether oxygens (including phenoxy) is 2. The predicted octanol–water partition coefficient (Wildman–Crippen LogP) is 4.16. The highest BCUT2D eigenvalue weighted by Crippen LogP contribution is 2.13. The Hall–Kier alpha value is -0.730. The third-order valence-electron chi connectivity index (χ3n) is 2.70. The normalized spacial score (nSPS) is 12.2. The lowest BCUT2D eigenvalue weighted by molar-refractivity contribution is 0.0418. The molecule has 0 saturated carbocycles. The quantitative estimate of drug-likeness (QED) is 0.441. The van der Waals surface area contributed by atoms with Crippen molar-refractivity contribution in [2.45, 2.75) is 59.3 Å². The first-order valence-electron chi connectivity index (χ1n) is 6.54. The Labute approximate surface area is 99.5 Å². The van der Waals surface area contributed by atoms with Gasteiger partial charge in [0.05, 0.1) is 13.2 Å². The predicted molar refractivity (Wildman–Crippen MR) is 65.5 cm³/mol. The maximum atomic E-state index is 11.2. The minimum Gasteiger partial charge on any atom is -0.434 e. The van der Waals surface area contributed by atoms with Crippen LogP contribution < -0.4 is 0 Å². The van der Waals surface area contributed by atoms with E-state index in [1.54, 1.807) is 0 Å². The Balaban J connectivity index is 3.54. The van der Waals surface area contributed by atoms with E-state index < -0.39 is 6.16 Å². The summed E-state index contributed by atoms with van der Waals surface area (Å²) in [5, 5.41) is 0. The Bertz CT molecular complexity index is 169. The van der Waals surface area contributed by atoms with Crippen LogP contribution in [-0.4, -0.2) is 19.4 Å². The van der Waals surface area contributed by atoms with E-state index in [9.17, 15) is 4.79 Å². The molecule has 0 heterocycles. The van der Waals surface area contributed by atoms with E-state index in [1.165, 1.54) is 12.8 Å². The molecule has 0 aliphatic heterocycles. The number of carbonyl (C=O) groups is 1. The Morgan fingerprint density at radius 2 is 1.75 bits per heavy atom. The summed E-state index contributed by atoms with van der Waals surface area (Å²) in [6.45, 7) is 7.34. The van der Waals surface area contributed by atoms with Crippen LogP contribution in [0.4, 0.5) is 4.79 Å². The number of rotatable bonds is 9. The van der Waals surface area contributed by atoms with Gasteiger partial charge >= 0.3 is 6.16 Å². The van der Waals surface area contributed by atoms with E-state index in [2.05, 4.69) is 20.8 Å². The van der Waals surface area contributed by atoms with Crippen LogP contribution in [0, 0.1) is 5.92 Å². The highest BCUT2D eigenvalue weighted by molar-refractivity contribution is 5.59. The third kappa shape index (κ3) is 8.57. The molecule has 0 N–H and O–H groups in total. The molecule has 0 aliphatic rings. The van der Waals surface area contributed by atoms with Gasteiger partial charge in [-0.1, -0.05) is 46.5 Å². The van der Waals surface area contributed by atoms with Gasteiger partial charge in [-0.2, -0.15) is 0 Å². The average molecular weight is 230 g/mol. The van der Waals surface area contributed by atoms with E-state index in [0.717, 1.165) is 25.7 Å². The smallest absolute Gasteiger partial charge is 0.434 e. The summed E-state index contributed by atoms with van der Waals surface area (Å²) in [6.07, 6.45) is 6.01. The summed E-state index contributed by atoms with van der Waals surface area (Å²) in [5.74, 6) is 0.485. The molecule has 1 unspecified atom stereocenters. The molecule has 0 radical (unpaired) electrons. The molecule has 0 bridgehead atoms.